The molecule has 1 saturated carbocycles. The summed E-state index contributed by atoms with van der Waals surface area (Å²) in [5.74, 6) is 1.48. The van der Waals surface area contributed by atoms with Gasteiger partial charge in [-0.2, -0.15) is 0 Å². The molecule has 0 spiro atoms. The number of hydrogen-bond acceptors (Lipinski definition) is 4. The lowest BCUT2D eigenvalue weighted by molar-refractivity contribution is -0.141. The van der Waals surface area contributed by atoms with Crippen LogP contribution in [-0.2, 0) is 27.3 Å². The summed E-state index contributed by atoms with van der Waals surface area (Å²) >= 11 is 0. The molecule has 1 aliphatic carbocycles. The lowest BCUT2D eigenvalue weighted by Gasteiger charge is -2.28. The summed E-state index contributed by atoms with van der Waals surface area (Å²) in [6, 6.07) is 16.1. The maximum absolute atomic E-state index is 13.8. The topological polar surface area (TPSA) is 74.9 Å². The van der Waals surface area contributed by atoms with Crippen LogP contribution < -0.4 is 4.74 Å². The van der Waals surface area contributed by atoms with E-state index in [9.17, 15) is 9.59 Å². The van der Waals surface area contributed by atoms with Gasteiger partial charge < -0.3 is 24.3 Å². The van der Waals surface area contributed by atoms with Gasteiger partial charge in [-0.15, -0.1) is 0 Å². The molecular formula is C32H43N3O4. The molecule has 0 saturated heterocycles. The van der Waals surface area contributed by atoms with Gasteiger partial charge in [0, 0.05) is 56.9 Å². The number of nitrogens with one attached hydrogen (secondary N) is 1. The molecule has 39 heavy (non-hydrogen) atoms. The number of carbonyl (C=O) groups excluding carboxylic acids is 2. The molecule has 1 fully saturated rings. The fourth-order valence-electron chi connectivity index (χ4n) is 5.58. The van der Waals surface area contributed by atoms with E-state index in [0.717, 1.165) is 29.7 Å². The number of benzene rings is 2. The van der Waals surface area contributed by atoms with E-state index in [2.05, 4.69) is 17.1 Å². The van der Waals surface area contributed by atoms with E-state index in [1.54, 1.807) is 19.1 Å². The van der Waals surface area contributed by atoms with Gasteiger partial charge in [-0.25, -0.2) is 0 Å². The maximum atomic E-state index is 13.8. The van der Waals surface area contributed by atoms with Gasteiger partial charge in [-0.1, -0.05) is 56.0 Å². The molecule has 7 nitrogen and oxygen atoms in total. The van der Waals surface area contributed by atoms with E-state index >= 15 is 0 Å². The zero-order valence-electron chi connectivity index (χ0n) is 23.5. The molecule has 0 bridgehead atoms. The number of fused-ring (bicyclic) bond motifs is 1. The van der Waals surface area contributed by atoms with E-state index in [1.807, 2.05) is 47.5 Å². The van der Waals surface area contributed by atoms with Gasteiger partial charge in [0.25, 0.3) is 0 Å². The van der Waals surface area contributed by atoms with Crippen molar-refractivity contribution in [2.75, 3.05) is 40.5 Å². The molecular weight excluding hydrogens is 490 g/mol. The van der Waals surface area contributed by atoms with Crippen LogP contribution in [0, 0.1) is 5.92 Å². The minimum Gasteiger partial charge on any atom is -0.497 e. The zero-order valence-corrected chi connectivity index (χ0v) is 23.5. The highest BCUT2D eigenvalue weighted by molar-refractivity contribution is 5.85. The molecule has 1 N–H and O–H groups in total. The van der Waals surface area contributed by atoms with Crippen LogP contribution in [0.2, 0.25) is 0 Å². The summed E-state index contributed by atoms with van der Waals surface area (Å²) in [6.45, 7) is 2.23. The van der Waals surface area contributed by atoms with Crippen LogP contribution in [0.3, 0.4) is 0 Å². The number of nitrogens with zero attached hydrogens (tertiary/aromatic N) is 2. The molecule has 1 aromatic heterocycles. The Hall–Kier alpha value is -3.32. The van der Waals surface area contributed by atoms with E-state index in [1.165, 1.54) is 36.6 Å². The monoisotopic (exact) mass is 533 g/mol. The van der Waals surface area contributed by atoms with Gasteiger partial charge >= 0.3 is 0 Å². The average molecular weight is 534 g/mol. The number of para-hydroxylation sites is 1. The molecule has 0 aliphatic heterocycles. The van der Waals surface area contributed by atoms with Crippen molar-refractivity contribution in [3.05, 3.63) is 65.9 Å². The molecule has 0 radical (unpaired) electrons. The van der Waals surface area contributed by atoms with Crippen LogP contribution in [0.5, 0.6) is 5.75 Å². The first kappa shape index (κ1) is 28.7. The fourth-order valence-corrected chi connectivity index (χ4v) is 5.58. The minimum absolute atomic E-state index is 0.0303. The molecule has 3 aromatic rings. The van der Waals surface area contributed by atoms with Crippen molar-refractivity contribution in [3.8, 4) is 5.75 Å². The lowest BCUT2D eigenvalue weighted by atomic mass is 10.0. The van der Waals surface area contributed by atoms with Crippen molar-refractivity contribution < 1.29 is 19.1 Å². The Kier molecular flexibility index (Phi) is 10.8. The van der Waals surface area contributed by atoms with Crippen molar-refractivity contribution in [2.45, 2.75) is 57.9 Å². The van der Waals surface area contributed by atoms with Crippen LogP contribution in [0.1, 0.15) is 56.1 Å². The van der Waals surface area contributed by atoms with Crippen LogP contribution in [0.25, 0.3) is 10.9 Å². The molecule has 210 valence electrons. The first-order valence-electron chi connectivity index (χ1n) is 14.3. The molecule has 1 aliphatic rings. The van der Waals surface area contributed by atoms with Crippen LogP contribution in [0.4, 0.5) is 0 Å². The molecule has 4 rings (SSSR count). The van der Waals surface area contributed by atoms with Crippen molar-refractivity contribution in [1.82, 2.24) is 14.8 Å². The lowest BCUT2D eigenvalue weighted by Crippen LogP contribution is -2.44. The predicted molar refractivity (Wildman–Crippen MR) is 155 cm³/mol. The Morgan fingerprint density at radius 3 is 2.46 bits per heavy atom. The standard InChI is InChI=1S/C32H43N3O4/c1-38-21-7-19-34(31(36)17-14-25-8-3-4-9-25)24-32(37)35(23-26-12-15-28(39-2)16-13-26)20-18-27-22-33-30-11-6-5-10-29(27)30/h5-6,10-13,15-16,22,25,33H,3-4,7-9,14,17-21,23-24H2,1-2H3. The van der Waals surface area contributed by atoms with Crippen molar-refractivity contribution >= 4 is 22.7 Å². The van der Waals surface area contributed by atoms with Gasteiger partial charge in [0.05, 0.1) is 13.7 Å². The molecule has 0 unspecified atom stereocenters. The number of rotatable bonds is 15. The number of aromatic amines is 1. The number of hydrogen-bond donors (Lipinski definition) is 1. The summed E-state index contributed by atoms with van der Waals surface area (Å²) in [5, 5.41) is 1.18. The third-order valence-corrected chi connectivity index (χ3v) is 7.91. The second-order valence-corrected chi connectivity index (χ2v) is 10.6. The molecule has 7 heteroatoms. The first-order chi connectivity index (χ1) is 19.1. The second-order valence-electron chi connectivity index (χ2n) is 10.6. The van der Waals surface area contributed by atoms with Gasteiger partial charge in [-0.3, -0.25) is 9.59 Å². The average Bonchev–Trinajstić information content (AvgIpc) is 3.64. The summed E-state index contributed by atoms with van der Waals surface area (Å²) in [5.41, 5.74) is 3.31. The van der Waals surface area contributed by atoms with Crippen molar-refractivity contribution in [3.63, 3.8) is 0 Å². The fraction of sp³-hybridized carbons (Fsp3) is 0.500. The first-order valence-corrected chi connectivity index (χ1v) is 14.3. The highest BCUT2D eigenvalue weighted by Gasteiger charge is 2.23. The normalized spacial score (nSPS) is 13.6. The molecule has 2 aromatic carbocycles. The van der Waals surface area contributed by atoms with Crippen molar-refractivity contribution in [1.29, 1.82) is 0 Å². The maximum Gasteiger partial charge on any atom is 0.242 e. The Morgan fingerprint density at radius 1 is 0.949 bits per heavy atom. The van der Waals surface area contributed by atoms with Gasteiger partial charge in [0.15, 0.2) is 0 Å². The number of methoxy groups -OCH3 is 2. The number of amides is 2. The molecule has 2 amide bonds. The number of aromatic nitrogens is 1. The Balaban J connectivity index is 1.46. The SMILES string of the molecule is COCCCN(CC(=O)N(CCc1c[nH]c2ccccc12)Cc1ccc(OC)cc1)C(=O)CCC1CCCC1. The summed E-state index contributed by atoms with van der Waals surface area (Å²) < 4.78 is 10.5. The van der Waals surface area contributed by atoms with Crippen LogP contribution in [-0.4, -0.2) is 67.1 Å². The van der Waals surface area contributed by atoms with Crippen molar-refractivity contribution in [2.24, 2.45) is 5.92 Å². The molecule has 0 atom stereocenters. The highest BCUT2D eigenvalue weighted by Crippen LogP contribution is 2.28. The van der Waals surface area contributed by atoms with E-state index in [0.29, 0.717) is 45.0 Å². The van der Waals surface area contributed by atoms with E-state index in [-0.39, 0.29) is 18.4 Å². The number of H-pyrrole nitrogens is 1. The predicted octanol–water partition coefficient (Wildman–Crippen LogP) is 5.58. The summed E-state index contributed by atoms with van der Waals surface area (Å²) in [7, 11) is 3.31. The van der Waals surface area contributed by atoms with E-state index < -0.39 is 0 Å². The molecule has 1 heterocycles. The summed E-state index contributed by atoms with van der Waals surface area (Å²) in [4.78, 5) is 34.0. The zero-order chi connectivity index (χ0) is 27.5. The highest BCUT2D eigenvalue weighted by atomic mass is 16.5. The Bertz CT molecular complexity index is 1180. The Labute approximate surface area is 232 Å². The minimum atomic E-state index is -0.0303. The largest absolute Gasteiger partial charge is 0.497 e. The second kappa shape index (κ2) is 14.7. The van der Waals surface area contributed by atoms with Crippen LogP contribution in [0.15, 0.2) is 54.7 Å². The quantitative estimate of drug-likeness (QED) is 0.259. The number of carbonyl (C=O) groups is 2. The smallest absolute Gasteiger partial charge is 0.242 e. The van der Waals surface area contributed by atoms with Gasteiger partial charge in [0.1, 0.15) is 5.75 Å². The third-order valence-electron chi connectivity index (χ3n) is 7.91. The third kappa shape index (κ3) is 8.33. The van der Waals surface area contributed by atoms with Gasteiger partial charge in [-0.05, 0) is 54.5 Å². The number of ether oxygens (including phenoxy) is 2. The van der Waals surface area contributed by atoms with Gasteiger partial charge in [0.2, 0.25) is 11.8 Å². The van der Waals surface area contributed by atoms with Crippen LogP contribution >= 0.6 is 0 Å². The van der Waals surface area contributed by atoms with E-state index in [4.69, 9.17) is 9.47 Å². The summed E-state index contributed by atoms with van der Waals surface area (Å²) in [6.07, 6.45) is 9.89. The Morgan fingerprint density at radius 2 is 1.72 bits per heavy atom.